The average Bonchev–Trinajstić information content (AvgIpc) is 2.89. The van der Waals surface area contributed by atoms with Crippen LogP contribution < -0.4 is 9.62 Å². The molecule has 3 aromatic rings. The molecule has 42 heavy (non-hydrogen) atoms. The zero-order valence-electron chi connectivity index (χ0n) is 23.0. The lowest BCUT2D eigenvalue weighted by atomic mass is 10.0. The molecule has 0 aliphatic carbocycles. The number of benzene rings is 3. The van der Waals surface area contributed by atoms with Crippen LogP contribution in [0.25, 0.3) is 0 Å². The number of carbonyl (C=O) groups excluding carboxylic acids is 2. The van der Waals surface area contributed by atoms with E-state index in [1.54, 1.807) is 62.4 Å². The second-order valence-electron chi connectivity index (χ2n) is 9.91. The fourth-order valence-corrected chi connectivity index (χ4v) is 5.60. The molecule has 3 aromatic carbocycles. The number of hydrogen-bond donors (Lipinski definition) is 1. The first-order valence-electron chi connectivity index (χ1n) is 12.8. The van der Waals surface area contributed by atoms with Gasteiger partial charge in [0, 0.05) is 34.6 Å². The normalized spacial score (nSPS) is 12.6. The van der Waals surface area contributed by atoms with Crippen molar-refractivity contribution in [2.24, 2.45) is 0 Å². The number of carbonyl (C=O) groups is 2. The molecule has 1 atom stereocenters. The second kappa shape index (κ2) is 13.8. The van der Waals surface area contributed by atoms with Crippen molar-refractivity contribution < 1.29 is 31.2 Å². The van der Waals surface area contributed by atoms with E-state index in [0.29, 0.717) is 21.5 Å². The average molecular weight is 645 g/mol. The van der Waals surface area contributed by atoms with Crippen molar-refractivity contribution in [3.63, 3.8) is 0 Å². The first-order valence-corrected chi connectivity index (χ1v) is 15.4. The highest BCUT2D eigenvalue weighted by molar-refractivity contribution is 7.92. The summed E-state index contributed by atoms with van der Waals surface area (Å²) in [7, 11) is -4.26. The molecule has 0 heterocycles. The van der Waals surface area contributed by atoms with E-state index in [4.69, 9.17) is 23.2 Å². The lowest BCUT2D eigenvalue weighted by molar-refractivity contribution is -0.140. The van der Waals surface area contributed by atoms with Crippen LogP contribution in [-0.4, -0.2) is 50.0 Å². The van der Waals surface area contributed by atoms with Gasteiger partial charge in [0.2, 0.25) is 21.8 Å². The number of amides is 2. The van der Waals surface area contributed by atoms with Gasteiger partial charge in [-0.3, -0.25) is 13.9 Å². The molecule has 0 spiro atoms. The molecule has 0 radical (unpaired) electrons. The highest BCUT2D eigenvalue weighted by Gasteiger charge is 2.35. The van der Waals surface area contributed by atoms with Crippen LogP contribution in [0.1, 0.15) is 30.5 Å². The standard InChI is InChI=1S/C29H30Cl2F3N3O4S/c1-19(2)35-28(39)26(15-20-9-5-4-6-10-20)36(17-23-24(30)13-8-14-25(23)31)27(38)18-37(42(3,40)41)22-12-7-11-21(16-22)29(32,33)34/h4-14,16,19,26H,15,17-18H2,1-3H3,(H,35,39)/t26-/m1/s1. The van der Waals surface area contributed by atoms with Crippen molar-refractivity contribution >= 4 is 50.7 Å². The fourth-order valence-electron chi connectivity index (χ4n) is 4.24. The van der Waals surface area contributed by atoms with Crippen molar-refractivity contribution in [2.75, 3.05) is 17.1 Å². The Morgan fingerprint density at radius 2 is 1.52 bits per heavy atom. The molecule has 2 amide bonds. The van der Waals surface area contributed by atoms with Gasteiger partial charge in [0.15, 0.2) is 0 Å². The molecule has 3 rings (SSSR count). The van der Waals surface area contributed by atoms with Gasteiger partial charge in [-0.05, 0) is 49.7 Å². The minimum atomic E-state index is -4.74. The smallest absolute Gasteiger partial charge is 0.352 e. The van der Waals surface area contributed by atoms with Gasteiger partial charge in [0.1, 0.15) is 12.6 Å². The van der Waals surface area contributed by atoms with E-state index in [2.05, 4.69) is 5.32 Å². The van der Waals surface area contributed by atoms with E-state index in [1.807, 2.05) is 0 Å². The highest BCUT2D eigenvalue weighted by atomic mass is 35.5. The Bertz CT molecular complexity index is 1500. The summed E-state index contributed by atoms with van der Waals surface area (Å²) in [6.07, 6.45) is -3.91. The van der Waals surface area contributed by atoms with Crippen molar-refractivity contribution in [1.29, 1.82) is 0 Å². The summed E-state index contributed by atoms with van der Waals surface area (Å²) < 4.78 is 66.5. The largest absolute Gasteiger partial charge is 0.416 e. The number of alkyl halides is 3. The lowest BCUT2D eigenvalue weighted by Gasteiger charge is -2.34. The van der Waals surface area contributed by atoms with E-state index in [0.717, 1.165) is 29.4 Å². The molecule has 0 saturated carbocycles. The SMILES string of the molecule is CC(C)NC(=O)[C@@H](Cc1ccccc1)N(Cc1c(Cl)cccc1Cl)C(=O)CN(c1cccc(C(F)(F)F)c1)S(C)(=O)=O. The molecule has 0 fully saturated rings. The molecule has 1 N–H and O–H groups in total. The van der Waals surface area contributed by atoms with Gasteiger partial charge in [0.05, 0.1) is 17.5 Å². The minimum absolute atomic E-state index is 0.0512. The Kier molecular flexibility index (Phi) is 10.9. The molecule has 0 bridgehead atoms. The quantitative estimate of drug-likeness (QED) is 0.280. The number of nitrogens with one attached hydrogen (secondary N) is 1. The molecule has 0 aliphatic rings. The maximum atomic E-state index is 14.0. The van der Waals surface area contributed by atoms with Crippen molar-refractivity contribution in [3.05, 3.63) is 99.5 Å². The summed E-state index contributed by atoms with van der Waals surface area (Å²) >= 11 is 12.8. The predicted octanol–water partition coefficient (Wildman–Crippen LogP) is 5.94. The van der Waals surface area contributed by atoms with Crippen LogP contribution in [0, 0.1) is 0 Å². The zero-order chi connectivity index (χ0) is 31.2. The van der Waals surface area contributed by atoms with E-state index in [-0.39, 0.29) is 34.7 Å². The van der Waals surface area contributed by atoms with Gasteiger partial charge in [-0.2, -0.15) is 13.2 Å². The van der Waals surface area contributed by atoms with Gasteiger partial charge in [0.25, 0.3) is 0 Å². The minimum Gasteiger partial charge on any atom is -0.352 e. The van der Waals surface area contributed by atoms with Crippen LogP contribution in [0.2, 0.25) is 10.0 Å². The summed E-state index contributed by atoms with van der Waals surface area (Å²) in [5.74, 6) is -1.37. The summed E-state index contributed by atoms with van der Waals surface area (Å²) in [5.41, 5.74) is -0.418. The number of halogens is 5. The van der Waals surface area contributed by atoms with Crippen LogP contribution in [0.15, 0.2) is 72.8 Å². The highest BCUT2D eigenvalue weighted by Crippen LogP contribution is 2.33. The van der Waals surface area contributed by atoms with Crippen LogP contribution >= 0.6 is 23.2 Å². The van der Waals surface area contributed by atoms with E-state index in [1.165, 1.54) is 0 Å². The maximum absolute atomic E-state index is 14.0. The zero-order valence-corrected chi connectivity index (χ0v) is 25.4. The number of sulfonamides is 1. The van der Waals surface area contributed by atoms with E-state index < -0.39 is 46.2 Å². The lowest BCUT2D eigenvalue weighted by Crippen LogP contribution is -2.54. The number of anilines is 1. The third kappa shape index (κ3) is 8.86. The summed E-state index contributed by atoms with van der Waals surface area (Å²) in [4.78, 5) is 28.7. The van der Waals surface area contributed by atoms with Gasteiger partial charge in [-0.25, -0.2) is 8.42 Å². The molecule has 0 unspecified atom stereocenters. The van der Waals surface area contributed by atoms with Gasteiger partial charge >= 0.3 is 6.18 Å². The van der Waals surface area contributed by atoms with Crippen LogP contribution in [-0.2, 0) is 38.8 Å². The Morgan fingerprint density at radius 1 is 0.929 bits per heavy atom. The molecular weight excluding hydrogens is 614 g/mol. The molecule has 0 saturated heterocycles. The summed E-state index contributed by atoms with van der Waals surface area (Å²) in [5, 5.41) is 3.22. The maximum Gasteiger partial charge on any atom is 0.416 e. The number of rotatable bonds is 11. The first-order chi connectivity index (χ1) is 19.6. The second-order valence-corrected chi connectivity index (χ2v) is 12.6. The van der Waals surface area contributed by atoms with Crippen LogP contribution in [0.5, 0.6) is 0 Å². The molecule has 7 nitrogen and oxygen atoms in total. The van der Waals surface area contributed by atoms with Crippen LogP contribution in [0.4, 0.5) is 18.9 Å². The van der Waals surface area contributed by atoms with Gasteiger partial charge < -0.3 is 10.2 Å². The molecule has 0 aliphatic heterocycles. The first kappa shape index (κ1) is 33.2. The van der Waals surface area contributed by atoms with E-state index >= 15 is 0 Å². The molecular formula is C29H30Cl2F3N3O4S. The molecule has 13 heteroatoms. The Balaban J connectivity index is 2.12. The van der Waals surface area contributed by atoms with Crippen LogP contribution in [0.3, 0.4) is 0 Å². The summed E-state index contributed by atoms with van der Waals surface area (Å²) in [6, 6.07) is 15.8. The Morgan fingerprint density at radius 3 is 2.07 bits per heavy atom. The van der Waals surface area contributed by atoms with E-state index in [9.17, 15) is 31.2 Å². The molecule has 226 valence electrons. The van der Waals surface area contributed by atoms with Crippen molar-refractivity contribution in [3.8, 4) is 0 Å². The van der Waals surface area contributed by atoms with Crippen molar-refractivity contribution in [2.45, 2.75) is 45.1 Å². The van der Waals surface area contributed by atoms with Crippen molar-refractivity contribution in [1.82, 2.24) is 10.2 Å². The number of nitrogens with zero attached hydrogens (tertiary/aromatic N) is 2. The third-order valence-electron chi connectivity index (χ3n) is 6.23. The van der Waals surface area contributed by atoms with Gasteiger partial charge in [-0.15, -0.1) is 0 Å². The topological polar surface area (TPSA) is 86.8 Å². The Hall–Kier alpha value is -3.28. The summed E-state index contributed by atoms with van der Waals surface area (Å²) in [6.45, 7) is 2.32. The predicted molar refractivity (Wildman–Crippen MR) is 158 cm³/mol. The third-order valence-corrected chi connectivity index (χ3v) is 8.08. The van der Waals surface area contributed by atoms with Gasteiger partial charge in [-0.1, -0.05) is 65.7 Å². The fraction of sp³-hybridized carbons (Fsp3) is 0.310. The number of hydrogen-bond acceptors (Lipinski definition) is 4. The Labute approximate surface area is 253 Å². The monoisotopic (exact) mass is 643 g/mol. The molecule has 0 aromatic heterocycles.